The molecule has 132 valence electrons. The van der Waals surface area contributed by atoms with Gasteiger partial charge in [0.2, 0.25) is 0 Å². The molecule has 0 saturated heterocycles. The Morgan fingerprint density at radius 1 is 1.35 bits per heavy atom. The van der Waals surface area contributed by atoms with Crippen LogP contribution in [-0.2, 0) is 0 Å². The Labute approximate surface area is 152 Å². The van der Waals surface area contributed by atoms with Gasteiger partial charge >= 0.3 is 5.91 Å². The van der Waals surface area contributed by atoms with Crippen LogP contribution < -0.4 is 10.2 Å². The highest BCUT2D eigenvalue weighted by Gasteiger charge is 2.15. The van der Waals surface area contributed by atoms with Crippen LogP contribution in [0.1, 0.15) is 16.1 Å². The van der Waals surface area contributed by atoms with Crippen LogP contribution in [-0.4, -0.2) is 24.2 Å². The largest absolute Gasteiger partial charge is 0.493 e. The Morgan fingerprint density at radius 3 is 2.88 bits per heavy atom. The molecule has 8 nitrogen and oxygen atoms in total. The van der Waals surface area contributed by atoms with Crippen molar-refractivity contribution in [2.24, 2.45) is 5.10 Å². The van der Waals surface area contributed by atoms with Crippen molar-refractivity contribution in [2.75, 3.05) is 7.11 Å². The summed E-state index contributed by atoms with van der Waals surface area (Å²) in [6.45, 7) is 0. The molecule has 0 bridgehead atoms. The fourth-order valence-electron chi connectivity index (χ4n) is 2.28. The lowest BCUT2D eigenvalue weighted by atomic mass is 10.2. The lowest BCUT2D eigenvalue weighted by molar-refractivity contribution is -0.384. The summed E-state index contributed by atoms with van der Waals surface area (Å²) in [6, 6.07) is 11.0. The summed E-state index contributed by atoms with van der Waals surface area (Å²) in [4.78, 5) is 22.4. The maximum absolute atomic E-state index is 12.1. The van der Waals surface area contributed by atoms with E-state index in [0.29, 0.717) is 22.3 Å². The third-order valence-corrected chi connectivity index (χ3v) is 3.82. The predicted molar refractivity (Wildman–Crippen MR) is 95.9 cm³/mol. The molecule has 0 unspecified atom stereocenters. The van der Waals surface area contributed by atoms with Crippen molar-refractivity contribution in [1.29, 1.82) is 0 Å². The predicted octanol–water partition coefficient (Wildman–Crippen LogP) is 3.77. The smallest absolute Gasteiger partial charge is 0.307 e. The number of nitrogens with zero attached hydrogens (tertiary/aromatic N) is 2. The molecule has 1 N–H and O–H groups in total. The summed E-state index contributed by atoms with van der Waals surface area (Å²) < 4.78 is 10.7. The highest BCUT2D eigenvalue weighted by molar-refractivity contribution is 6.32. The maximum Gasteiger partial charge on any atom is 0.307 e. The number of nitro groups is 1. The third kappa shape index (κ3) is 3.50. The normalized spacial score (nSPS) is 11.0. The number of methoxy groups -OCH3 is 1. The Bertz CT molecular complexity index is 1030. The van der Waals surface area contributed by atoms with E-state index in [1.54, 1.807) is 24.3 Å². The van der Waals surface area contributed by atoms with Crippen molar-refractivity contribution in [2.45, 2.75) is 0 Å². The number of ether oxygens (including phenoxy) is 1. The summed E-state index contributed by atoms with van der Waals surface area (Å²) >= 11 is 5.74. The Balaban J connectivity index is 1.76. The van der Waals surface area contributed by atoms with E-state index in [1.807, 2.05) is 0 Å². The second-order valence-electron chi connectivity index (χ2n) is 5.16. The van der Waals surface area contributed by atoms with Crippen molar-refractivity contribution in [3.8, 4) is 5.75 Å². The second kappa shape index (κ2) is 7.24. The van der Waals surface area contributed by atoms with Gasteiger partial charge in [-0.15, -0.1) is 0 Å². The van der Waals surface area contributed by atoms with Crippen molar-refractivity contribution < 1.29 is 18.9 Å². The summed E-state index contributed by atoms with van der Waals surface area (Å²) in [5.74, 6) is 0.00484. The molecule has 1 heterocycles. The molecular weight excluding hydrogens is 362 g/mol. The number of carbonyl (C=O) groups excluding carboxylic acids is 1. The van der Waals surface area contributed by atoms with Crippen LogP contribution >= 0.6 is 11.6 Å². The molecule has 0 aliphatic rings. The average Bonchev–Trinajstić information content (AvgIpc) is 3.07. The zero-order chi connectivity index (χ0) is 18.7. The number of benzene rings is 2. The fraction of sp³-hybridized carbons (Fsp3) is 0.0588. The topological polar surface area (TPSA) is 107 Å². The van der Waals surface area contributed by atoms with Gasteiger partial charge < -0.3 is 9.15 Å². The Morgan fingerprint density at radius 2 is 2.15 bits per heavy atom. The molecule has 0 saturated carbocycles. The van der Waals surface area contributed by atoms with Crippen LogP contribution in [0.15, 0.2) is 52.0 Å². The molecule has 26 heavy (non-hydrogen) atoms. The number of rotatable bonds is 5. The minimum absolute atomic E-state index is 0.0207. The van der Waals surface area contributed by atoms with E-state index < -0.39 is 10.8 Å². The number of hydrogen-bond donors (Lipinski definition) is 1. The van der Waals surface area contributed by atoms with E-state index in [1.165, 1.54) is 31.5 Å². The van der Waals surface area contributed by atoms with Crippen LogP contribution in [0.2, 0.25) is 5.02 Å². The molecule has 9 heteroatoms. The maximum atomic E-state index is 12.1. The van der Waals surface area contributed by atoms with Gasteiger partial charge in [0.25, 0.3) is 5.69 Å². The summed E-state index contributed by atoms with van der Waals surface area (Å²) in [7, 11) is 1.51. The molecule has 3 rings (SSSR count). The lowest BCUT2D eigenvalue weighted by Crippen LogP contribution is -2.16. The first-order chi connectivity index (χ1) is 12.5. The molecule has 0 fully saturated rings. The van der Waals surface area contributed by atoms with Gasteiger partial charge in [0.15, 0.2) is 17.1 Å². The summed E-state index contributed by atoms with van der Waals surface area (Å²) in [5, 5.41) is 15.4. The van der Waals surface area contributed by atoms with Crippen LogP contribution in [0.25, 0.3) is 11.0 Å². The molecule has 1 aromatic heterocycles. The molecule has 0 radical (unpaired) electrons. The first-order valence-electron chi connectivity index (χ1n) is 7.33. The van der Waals surface area contributed by atoms with E-state index in [9.17, 15) is 14.9 Å². The van der Waals surface area contributed by atoms with E-state index >= 15 is 0 Å². The minimum atomic E-state index is -0.597. The zero-order valence-electron chi connectivity index (χ0n) is 13.4. The number of amides is 1. The lowest BCUT2D eigenvalue weighted by Gasteiger charge is -1.99. The molecule has 0 spiro atoms. The Hall–Kier alpha value is -3.39. The van der Waals surface area contributed by atoms with Crippen molar-refractivity contribution in [3.63, 3.8) is 0 Å². The number of carbonyl (C=O) groups is 1. The second-order valence-corrected chi connectivity index (χ2v) is 5.56. The van der Waals surface area contributed by atoms with E-state index in [4.69, 9.17) is 20.8 Å². The number of nitro benzene ring substituents is 1. The number of fused-ring (bicyclic) bond motifs is 1. The first-order valence-corrected chi connectivity index (χ1v) is 7.71. The van der Waals surface area contributed by atoms with Gasteiger partial charge in [-0.1, -0.05) is 29.8 Å². The molecule has 2 aromatic carbocycles. The quantitative estimate of drug-likeness (QED) is 0.416. The SMILES string of the molecule is COc1cccc2cc(C(=O)N/N=C\c3ccc(Cl)c([N+](=O)[O-])c3)oc12. The van der Waals surface area contributed by atoms with E-state index in [0.717, 1.165) is 0 Å². The highest BCUT2D eigenvalue weighted by Crippen LogP contribution is 2.28. The monoisotopic (exact) mass is 373 g/mol. The van der Waals surface area contributed by atoms with Crippen molar-refractivity contribution in [1.82, 2.24) is 5.43 Å². The summed E-state index contributed by atoms with van der Waals surface area (Å²) in [6.07, 6.45) is 1.27. The van der Waals surface area contributed by atoms with Gasteiger partial charge in [-0.3, -0.25) is 14.9 Å². The standard InChI is InChI=1S/C17H12ClN3O5/c1-25-14-4-2-3-11-8-15(26-16(11)14)17(22)20-19-9-10-5-6-12(18)13(7-10)21(23)24/h2-9H,1H3,(H,20,22)/b19-9-. The molecular formula is C17H12ClN3O5. The van der Waals surface area contributed by atoms with E-state index in [2.05, 4.69) is 10.5 Å². The number of hydrazone groups is 1. The number of furan rings is 1. The van der Waals surface area contributed by atoms with Crippen LogP contribution in [0.5, 0.6) is 5.75 Å². The highest BCUT2D eigenvalue weighted by atomic mass is 35.5. The zero-order valence-corrected chi connectivity index (χ0v) is 14.2. The van der Waals surface area contributed by atoms with Gasteiger partial charge in [-0.05, 0) is 18.2 Å². The Kier molecular flexibility index (Phi) is 4.85. The van der Waals surface area contributed by atoms with Crippen molar-refractivity contribution >= 4 is 40.4 Å². The number of nitrogens with one attached hydrogen (secondary N) is 1. The van der Waals surface area contributed by atoms with Crippen LogP contribution in [0, 0.1) is 10.1 Å². The van der Waals surface area contributed by atoms with E-state index in [-0.39, 0.29) is 16.5 Å². The summed E-state index contributed by atoms with van der Waals surface area (Å²) in [5.41, 5.74) is 2.92. The van der Waals surface area contributed by atoms with Gasteiger partial charge in [-0.2, -0.15) is 5.10 Å². The molecule has 1 amide bonds. The van der Waals surface area contributed by atoms with Crippen molar-refractivity contribution in [3.05, 3.63) is 68.9 Å². The molecule has 3 aromatic rings. The molecule has 0 atom stereocenters. The number of para-hydroxylation sites is 1. The third-order valence-electron chi connectivity index (χ3n) is 3.50. The molecule has 0 aliphatic heterocycles. The minimum Gasteiger partial charge on any atom is -0.493 e. The fourth-order valence-corrected chi connectivity index (χ4v) is 2.47. The average molecular weight is 374 g/mol. The van der Waals surface area contributed by atoms with Gasteiger partial charge in [-0.25, -0.2) is 5.43 Å². The number of hydrogen-bond acceptors (Lipinski definition) is 6. The van der Waals surface area contributed by atoms with Gasteiger partial charge in [0, 0.05) is 17.0 Å². The van der Waals surface area contributed by atoms with Crippen LogP contribution in [0.3, 0.4) is 0 Å². The van der Waals surface area contributed by atoms with Gasteiger partial charge in [0.1, 0.15) is 5.02 Å². The van der Waals surface area contributed by atoms with Gasteiger partial charge in [0.05, 0.1) is 18.2 Å². The first kappa shape index (κ1) is 17.4. The molecule has 0 aliphatic carbocycles. The van der Waals surface area contributed by atoms with Crippen LogP contribution in [0.4, 0.5) is 5.69 Å². The number of halogens is 1.